The van der Waals surface area contributed by atoms with Crippen LogP contribution in [0.2, 0.25) is 0 Å². The molecule has 0 aromatic heterocycles. The SMILES string of the molecule is NC1(COCCN2CCCC2)CCCCCC1. The number of ether oxygens (including phenoxy) is 1. The number of nitrogens with two attached hydrogens (primary N) is 1. The van der Waals surface area contributed by atoms with Gasteiger partial charge >= 0.3 is 0 Å². The normalized spacial score (nSPS) is 25.9. The van der Waals surface area contributed by atoms with Gasteiger partial charge in [0.1, 0.15) is 0 Å². The fourth-order valence-corrected chi connectivity index (χ4v) is 3.05. The molecule has 3 nitrogen and oxygen atoms in total. The average Bonchev–Trinajstić information content (AvgIpc) is 2.74. The molecule has 17 heavy (non-hydrogen) atoms. The molecule has 0 amide bonds. The van der Waals surface area contributed by atoms with Crippen molar-refractivity contribution in [3.63, 3.8) is 0 Å². The van der Waals surface area contributed by atoms with Gasteiger partial charge in [-0.3, -0.25) is 0 Å². The molecule has 0 atom stereocenters. The topological polar surface area (TPSA) is 38.5 Å². The van der Waals surface area contributed by atoms with Gasteiger partial charge < -0.3 is 15.4 Å². The van der Waals surface area contributed by atoms with E-state index in [0.717, 1.165) is 32.6 Å². The van der Waals surface area contributed by atoms with Gasteiger partial charge in [0.05, 0.1) is 13.2 Å². The molecule has 1 heterocycles. The molecule has 2 rings (SSSR count). The maximum absolute atomic E-state index is 6.41. The Morgan fingerprint density at radius 2 is 1.59 bits per heavy atom. The van der Waals surface area contributed by atoms with E-state index in [1.165, 1.54) is 51.6 Å². The summed E-state index contributed by atoms with van der Waals surface area (Å²) in [6.07, 6.45) is 10.3. The Morgan fingerprint density at radius 1 is 0.941 bits per heavy atom. The minimum Gasteiger partial charge on any atom is -0.378 e. The molecule has 1 saturated heterocycles. The summed E-state index contributed by atoms with van der Waals surface area (Å²) in [4.78, 5) is 2.50. The summed E-state index contributed by atoms with van der Waals surface area (Å²) in [5, 5.41) is 0. The van der Waals surface area contributed by atoms with Crippen molar-refractivity contribution in [2.24, 2.45) is 5.73 Å². The van der Waals surface area contributed by atoms with Crippen LogP contribution in [0, 0.1) is 0 Å². The molecule has 0 spiro atoms. The molecule has 1 aliphatic heterocycles. The van der Waals surface area contributed by atoms with E-state index in [1.54, 1.807) is 0 Å². The van der Waals surface area contributed by atoms with Gasteiger partial charge in [-0.25, -0.2) is 0 Å². The number of hydrogen-bond donors (Lipinski definition) is 1. The second-order valence-corrected chi connectivity index (χ2v) is 5.88. The highest BCUT2D eigenvalue weighted by Gasteiger charge is 2.26. The van der Waals surface area contributed by atoms with Gasteiger partial charge in [0.2, 0.25) is 0 Å². The zero-order chi connectivity index (χ0) is 12.0. The van der Waals surface area contributed by atoms with Gasteiger partial charge in [-0.05, 0) is 38.8 Å². The van der Waals surface area contributed by atoms with Gasteiger partial charge in [-0.2, -0.15) is 0 Å². The first-order valence-electron chi connectivity index (χ1n) is 7.38. The van der Waals surface area contributed by atoms with E-state index < -0.39 is 0 Å². The number of likely N-dealkylation sites (tertiary alicyclic amines) is 1. The molecule has 3 heteroatoms. The molecule has 0 aromatic rings. The van der Waals surface area contributed by atoms with E-state index >= 15 is 0 Å². The molecule has 1 saturated carbocycles. The molecule has 0 aromatic carbocycles. The van der Waals surface area contributed by atoms with E-state index in [4.69, 9.17) is 10.5 Å². The molecule has 100 valence electrons. The summed E-state index contributed by atoms with van der Waals surface area (Å²) >= 11 is 0. The summed E-state index contributed by atoms with van der Waals surface area (Å²) < 4.78 is 5.83. The van der Waals surface area contributed by atoms with E-state index in [1.807, 2.05) is 0 Å². The van der Waals surface area contributed by atoms with Crippen molar-refractivity contribution in [3.8, 4) is 0 Å². The standard InChI is InChI=1S/C14H28N2O/c15-14(7-3-1-2-4-8-14)13-17-12-11-16-9-5-6-10-16/h1-13,15H2. The minimum atomic E-state index is -0.0263. The number of hydrogen-bond acceptors (Lipinski definition) is 3. The van der Waals surface area contributed by atoms with Crippen molar-refractivity contribution in [1.82, 2.24) is 4.90 Å². The van der Waals surface area contributed by atoms with Crippen molar-refractivity contribution in [2.75, 3.05) is 32.8 Å². The lowest BCUT2D eigenvalue weighted by atomic mass is 9.93. The summed E-state index contributed by atoms with van der Waals surface area (Å²) in [5.74, 6) is 0. The lowest BCUT2D eigenvalue weighted by Gasteiger charge is -2.28. The highest BCUT2D eigenvalue weighted by atomic mass is 16.5. The highest BCUT2D eigenvalue weighted by molar-refractivity contribution is 4.85. The van der Waals surface area contributed by atoms with Gasteiger partial charge in [-0.1, -0.05) is 25.7 Å². The Morgan fingerprint density at radius 3 is 2.24 bits per heavy atom. The molecule has 1 aliphatic carbocycles. The molecular weight excluding hydrogens is 212 g/mol. The third-order valence-corrected chi connectivity index (χ3v) is 4.24. The van der Waals surface area contributed by atoms with Crippen LogP contribution in [0.4, 0.5) is 0 Å². The van der Waals surface area contributed by atoms with Gasteiger partial charge in [0.15, 0.2) is 0 Å². The van der Waals surface area contributed by atoms with E-state index in [9.17, 15) is 0 Å². The van der Waals surface area contributed by atoms with E-state index in [0.29, 0.717) is 0 Å². The molecule has 0 unspecified atom stereocenters. The zero-order valence-electron chi connectivity index (χ0n) is 11.1. The van der Waals surface area contributed by atoms with Crippen LogP contribution in [0.25, 0.3) is 0 Å². The van der Waals surface area contributed by atoms with E-state index in [-0.39, 0.29) is 5.54 Å². The lowest BCUT2D eigenvalue weighted by molar-refractivity contribution is 0.0647. The monoisotopic (exact) mass is 240 g/mol. The maximum atomic E-state index is 6.41. The van der Waals surface area contributed by atoms with Gasteiger partial charge in [-0.15, -0.1) is 0 Å². The predicted octanol–water partition coefficient (Wildman–Crippen LogP) is 2.15. The van der Waals surface area contributed by atoms with Crippen molar-refractivity contribution < 1.29 is 4.74 Å². The fraction of sp³-hybridized carbons (Fsp3) is 1.00. The molecular formula is C14H28N2O. The number of rotatable bonds is 5. The summed E-state index contributed by atoms with van der Waals surface area (Å²) in [6, 6.07) is 0. The van der Waals surface area contributed by atoms with Crippen LogP contribution < -0.4 is 5.73 Å². The Labute approximate surface area is 106 Å². The predicted molar refractivity (Wildman–Crippen MR) is 71.1 cm³/mol. The van der Waals surface area contributed by atoms with Crippen LogP contribution in [-0.4, -0.2) is 43.3 Å². The van der Waals surface area contributed by atoms with Gasteiger partial charge in [0.25, 0.3) is 0 Å². The Hall–Kier alpha value is -0.120. The molecule has 2 aliphatic rings. The largest absolute Gasteiger partial charge is 0.378 e. The molecule has 0 radical (unpaired) electrons. The summed E-state index contributed by atoms with van der Waals surface area (Å²) in [6.45, 7) is 5.24. The minimum absolute atomic E-state index is 0.0263. The molecule has 2 fully saturated rings. The van der Waals surface area contributed by atoms with Crippen LogP contribution in [0.3, 0.4) is 0 Å². The number of nitrogens with zero attached hydrogens (tertiary/aromatic N) is 1. The Balaban J connectivity index is 1.59. The first-order valence-corrected chi connectivity index (χ1v) is 7.38. The smallest absolute Gasteiger partial charge is 0.0646 e. The van der Waals surface area contributed by atoms with Crippen LogP contribution in [0.1, 0.15) is 51.4 Å². The van der Waals surface area contributed by atoms with Crippen LogP contribution in [0.15, 0.2) is 0 Å². The van der Waals surface area contributed by atoms with E-state index in [2.05, 4.69) is 4.90 Å². The molecule has 0 bridgehead atoms. The first-order chi connectivity index (χ1) is 8.29. The third kappa shape index (κ3) is 4.57. The molecule has 2 N–H and O–H groups in total. The van der Waals surface area contributed by atoms with Crippen molar-refractivity contribution in [2.45, 2.75) is 56.9 Å². The summed E-state index contributed by atoms with van der Waals surface area (Å²) in [5.41, 5.74) is 6.39. The fourth-order valence-electron chi connectivity index (χ4n) is 3.05. The second-order valence-electron chi connectivity index (χ2n) is 5.88. The van der Waals surface area contributed by atoms with Crippen LogP contribution in [0.5, 0.6) is 0 Å². The van der Waals surface area contributed by atoms with Crippen LogP contribution in [-0.2, 0) is 4.74 Å². The third-order valence-electron chi connectivity index (χ3n) is 4.24. The Bertz CT molecular complexity index is 206. The Kier molecular flexibility index (Phi) is 5.26. The van der Waals surface area contributed by atoms with Crippen molar-refractivity contribution >= 4 is 0 Å². The van der Waals surface area contributed by atoms with Crippen LogP contribution >= 0.6 is 0 Å². The average molecular weight is 240 g/mol. The second kappa shape index (κ2) is 6.72. The highest BCUT2D eigenvalue weighted by Crippen LogP contribution is 2.25. The first kappa shape index (κ1) is 13.3. The van der Waals surface area contributed by atoms with Gasteiger partial charge in [0, 0.05) is 12.1 Å². The maximum Gasteiger partial charge on any atom is 0.0646 e. The van der Waals surface area contributed by atoms with Crippen molar-refractivity contribution in [1.29, 1.82) is 0 Å². The lowest BCUT2D eigenvalue weighted by Crippen LogP contribution is -2.44. The zero-order valence-corrected chi connectivity index (χ0v) is 11.1. The van der Waals surface area contributed by atoms with Crippen molar-refractivity contribution in [3.05, 3.63) is 0 Å². The summed E-state index contributed by atoms with van der Waals surface area (Å²) in [7, 11) is 0. The quantitative estimate of drug-likeness (QED) is 0.591.